The number of esters is 1. The molecule has 1 aliphatic rings. The highest BCUT2D eigenvalue weighted by Gasteiger charge is 2.35. The number of hydrogen-bond donors (Lipinski definition) is 0. The first-order valence-corrected chi connectivity index (χ1v) is 7.54. The molecule has 1 aliphatic carbocycles. The van der Waals surface area contributed by atoms with Gasteiger partial charge in [-0.1, -0.05) is 24.6 Å². The van der Waals surface area contributed by atoms with Crippen LogP contribution in [0.4, 0.5) is 0 Å². The molecule has 1 aromatic carbocycles. The third kappa shape index (κ3) is 4.00. The number of carbonyl (C=O) groups is 1. The van der Waals surface area contributed by atoms with E-state index in [0.29, 0.717) is 12.8 Å². The molecule has 0 aromatic heterocycles. The summed E-state index contributed by atoms with van der Waals surface area (Å²) in [6.07, 6.45) is 4.40. The third-order valence-electron chi connectivity index (χ3n) is 3.27. The van der Waals surface area contributed by atoms with Gasteiger partial charge in [0.15, 0.2) is 5.60 Å². The monoisotopic (exact) mass is 275 g/mol. The van der Waals surface area contributed by atoms with Crippen LogP contribution in [0.15, 0.2) is 35.2 Å². The summed E-state index contributed by atoms with van der Waals surface area (Å²) < 4.78 is 5.43. The van der Waals surface area contributed by atoms with Crippen molar-refractivity contribution in [1.29, 1.82) is 5.26 Å². The van der Waals surface area contributed by atoms with Crippen molar-refractivity contribution in [2.45, 2.75) is 42.6 Å². The van der Waals surface area contributed by atoms with E-state index in [1.54, 1.807) is 0 Å². The lowest BCUT2D eigenvalue weighted by Crippen LogP contribution is -2.36. The standard InChI is InChI=1S/C15H17NO2S/c16-12-15(9-5-2-6-10-15)18-14(17)11-19-13-7-3-1-4-8-13/h1,3-4,7-8H,2,5-6,9-11H2. The van der Waals surface area contributed by atoms with Crippen LogP contribution in [0.2, 0.25) is 0 Å². The lowest BCUT2D eigenvalue weighted by atomic mass is 9.86. The number of nitrogens with zero attached hydrogens (tertiary/aromatic N) is 1. The van der Waals surface area contributed by atoms with Gasteiger partial charge < -0.3 is 4.74 Å². The summed E-state index contributed by atoms with van der Waals surface area (Å²) in [5, 5.41) is 9.24. The number of rotatable bonds is 4. The normalized spacial score (nSPS) is 17.4. The van der Waals surface area contributed by atoms with Crippen LogP contribution in [0.5, 0.6) is 0 Å². The van der Waals surface area contributed by atoms with Gasteiger partial charge in [-0.25, -0.2) is 0 Å². The zero-order chi connectivity index (χ0) is 13.6. The third-order valence-corrected chi connectivity index (χ3v) is 4.26. The van der Waals surface area contributed by atoms with Gasteiger partial charge in [0.05, 0.1) is 5.75 Å². The van der Waals surface area contributed by atoms with Gasteiger partial charge >= 0.3 is 5.97 Å². The molecule has 0 spiro atoms. The van der Waals surface area contributed by atoms with E-state index >= 15 is 0 Å². The van der Waals surface area contributed by atoms with Crippen molar-refractivity contribution in [3.63, 3.8) is 0 Å². The second-order valence-corrected chi connectivity index (χ2v) is 5.79. The van der Waals surface area contributed by atoms with E-state index in [9.17, 15) is 10.1 Å². The van der Waals surface area contributed by atoms with E-state index in [2.05, 4.69) is 6.07 Å². The van der Waals surface area contributed by atoms with Crippen LogP contribution in [0.3, 0.4) is 0 Å². The number of thioether (sulfide) groups is 1. The van der Waals surface area contributed by atoms with Crippen molar-refractivity contribution in [3.8, 4) is 6.07 Å². The summed E-state index contributed by atoms with van der Waals surface area (Å²) in [5.41, 5.74) is -0.868. The predicted octanol–water partition coefficient (Wildman–Crippen LogP) is 3.55. The lowest BCUT2D eigenvalue weighted by Gasteiger charge is -2.30. The van der Waals surface area contributed by atoms with Gasteiger partial charge in [0.2, 0.25) is 0 Å². The van der Waals surface area contributed by atoms with Crippen LogP contribution >= 0.6 is 11.8 Å². The molecule has 4 heteroatoms. The minimum absolute atomic E-state index is 0.257. The van der Waals surface area contributed by atoms with E-state index in [-0.39, 0.29) is 11.7 Å². The summed E-state index contributed by atoms with van der Waals surface area (Å²) in [5.74, 6) is -0.0368. The Morgan fingerprint density at radius 1 is 1.26 bits per heavy atom. The highest BCUT2D eigenvalue weighted by atomic mass is 32.2. The maximum atomic E-state index is 11.9. The molecule has 0 heterocycles. The van der Waals surface area contributed by atoms with Crippen LogP contribution in [0.1, 0.15) is 32.1 Å². The molecule has 1 fully saturated rings. The summed E-state index contributed by atoms with van der Waals surface area (Å²) in [6, 6.07) is 11.9. The molecule has 1 saturated carbocycles. The minimum atomic E-state index is -0.868. The van der Waals surface area contributed by atoms with Gasteiger partial charge in [0.25, 0.3) is 0 Å². The van der Waals surface area contributed by atoms with E-state index in [4.69, 9.17) is 4.74 Å². The van der Waals surface area contributed by atoms with Crippen LogP contribution < -0.4 is 0 Å². The fourth-order valence-corrected chi connectivity index (χ4v) is 2.96. The van der Waals surface area contributed by atoms with Crippen LogP contribution in [0.25, 0.3) is 0 Å². The maximum Gasteiger partial charge on any atom is 0.317 e. The zero-order valence-electron chi connectivity index (χ0n) is 10.8. The molecule has 2 rings (SSSR count). The Bertz CT molecular complexity index is 461. The topological polar surface area (TPSA) is 50.1 Å². The molecule has 0 aliphatic heterocycles. The molecule has 0 saturated heterocycles. The molecular formula is C15H17NO2S. The molecule has 19 heavy (non-hydrogen) atoms. The van der Waals surface area contributed by atoms with Gasteiger partial charge in [-0.3, -0.25) is 4.79 Å². The number of benzene rings is 1. The fraction of sp³-hybridized carbons (Fsp3) is 0.467. The lowest BCUT2D eigenvalue weighted by molar-refractivity contribution is -0.153. The maximum absolute atomic E-state index is 11.9. The average molecular weight is 275 g/mol. The second kappa shape index (κ2) is 6.63. The molecule has 0 radical (unpaired) electrons. The molecule has 1 aromatic rings. The molecular weight excluding hydrogens is 258 g/mol. The summed E-state index contributed by atoms with van der Waals surface area (Å²) in [4.78, 5) is 12.9. The van der Waals surface area contributed by atoms with E-state index in [1.807, 2.05) is 30.3 Å². The average Bonchev–Trinajstić information content (AvgIpc) is 2.47. The second-order valence-electron chi connectivity index (χ2n) is 4.74. The highest BCUT2D eigenvalue weighted by Crippen LogP contribution is 2.31. The van der Waals surface area contributed by atoms with Gasteiger partial charge in [0.1, 0.15) is 6.07 Å². The Kier molecular flexibility index (Phi) is 4.86. The molecule has 0 N–H and O–H groups in total. The quantitative estimate of drug-likeness (QED) is 0.623. The van der Waals surface area contributed by atoms with Crippen molar-refractivity contribution in [2.24, 2.45) is 0 Å². The summed E-state index contributed by atoms with van der Waals surface area (Å²) in [7, 11) is 0. The minimum Gasteiger partial charge on any atom is -0.443 e. The summed E-state index contributed by atoms with van der Waals surface area (Å²) >= 11 is 1.44. The molecule has 0 atom stereocenters. The smallest absolute Gasteiger partial charge is 0.317 e. The summed E-state index contributed by atoms with van der Waals surface area (Å²) in [6.45, 7) is 0. The number of carbonyl (C=O) groups excluding carboxylic acids is 1. The Morgan fingerprint density at radius 3 is 2.58 bits per heavy atom. The molecule has 0 bridgehead atoms. The van der Waals surface area contributed by atoms with Crippen LogP contribution in [0, 0.1) is 11.3 Å². The number of hydrogen-bond acceptors (Lipinski definition) is 4. The van der Waals surface area contributed by atoms with Crippen molar-refractivity contribution in [2.75, 3.05) is 5.75 Å². The Hall–Kier alpha value is -1.47. The van der Waals surface area contributed by atoms with Gasteiger partial charge in [-0.2, -0.15) is 5.26 Å². The molecule has 3 nitrogen and oxygen atoms in total. The molecule has 100 valence electrons. The Labute approximate surface area is 118 Å². The Balaban J connectivity index is 1.85. The van der Waals surface area contributed by atoms with Gasteiger partial charge in [-0.05, 0) is 25.0 Å². The van der Waals surface area contributed by atoms with E-state index in [1.165, 1.54) is 11.8 Å². The molecule has 0 unspecified atom stereocenters. The number of nitriles is 1. The van der Waals surface area contributed by atoms with E-state index in [0.717, 1.165) is 24.2 Å². The van der Waals surface area contributed by atoms with Crippen molar-refractivity contribution in [3.05, 3.63) is 30.3 Å². The van der Waals surface area contributed by atoms with Gasteiger partial charge in [0, 0.05) is 17.7 Å². The molecule has 0 amide bonds. The van der Waals surface area contributed by atoms with Crippen molar-refractivity contribution >= 4 is 17.7 Å². The van der Waals surface area contributed by atoms with Crippen LogP contribution in [-0.4, -0.2) is 17.3 Å². The first kappa shape index (κ1) is 14.0. The zero-order valence-corrected chi connectivity index (χ0v) is 11.6. The van der Waals surface area contributed by atoms with Gasteiger partial charge in [-0.15, -0.1) is 11.8 Å². The largest absolute Gasteiger partial charge is 0.443 e. The SMILES string of the molecule is N#CC1(OC(=O)CSc2ccccc2)CCCCC1. The number of ether oxygens (including phenoxy) is 1. The first-order chi connectivity index (χ1) is 9.24. The van der Waals surface area contributed by atoms with Crippen molar-refractivity contribution in [1.82, 2.24) is 0 Å². The Morgan fingerprint density at radius 2 is 1.95 bits per heavy atom. The highest BCUT2D eigenvalue weighted by molar-refractivity contribution is 8.00. The predicted molar refractivity (Wildman–Crippen MR) is 74.7 cm³/mol. The first-order valence-electron chi connectivity index (χ1n) is 6.55. The van der Waals surface area contributed by atoms with E-state index < -0.39 is 5.60 Å². The van der Waals surface area contributed by atoms with Crippen molar-refractivity contribution < 1.29 is 9.53 Å². The van der Waals surface area contributed by atoms with Crippen LogP contribution in [-0.2, 0) is 9.53 Å². The fourth-order valence-electron chi connectivity index (χ4n) is 2.27.